The van der Waals surface area contributed by atoms with Crippen molar-refractivity contribution < 1.29 is 4.74 Å². The molecular formula is C25H19BrN8O. The molecule has 0 unspecified atom stereocenters. The number of pyridine rings is 3. The minimum absolute atomic E-state index is 0.103. The predicted octanol–water partition coefficient (Wildman–Crippen LogP) is 4.09. The molecule has 6 rings (SSSR count). The molecule has 0 saturated carbocycles. The number of fused-ring (bicyclic) bond motifs is 1. The number of hydrogen-bond acceptors (Lipinski definition) is 7. The first-order chi connectivity index (χ1) is 17.1. The van der Waals surface area contributed by atoms with Gasteiger partial charge < -0.3 is 9.64 Å². The van der Waals surface area contributed by atoms with Crippen molar-refractivity contribution in [1.29, 1.82) is 5.26 Å². The number of ether oxygens (including phenoxy) is 1. The SMILES string of the molecule is Cn1cc(-c2cc(-c3ccc(N4CC(Oc5ccnc(Br)c5)C4)nc3)c3c(C#N)cnn3c2)cn1. The van der Waals surface area contributed by atoms with Crippen molar-refractivity contribution in [1.82, 2.24) is 29.4 Å². The second kappa shape index (κ2) is 8.52. The summed E-state index contributed by atoms with van der Waals surface area (Å²) in [5.41, 5.74) is 5.02. The van der Waals surface area contributed by atoms with Crippen LogP contribution in [-0.2, 0) is 7.05 Å². The number of aromatic nitrogens is 6. The molecule has 0 N–H and O–H groups in total. The molecule has 10 heteroatoms. The highest BCUT2D eigenvalue weighted by molar-refractivity contribution is 9.10. The zero-order chi connectivity index (χ0) is 23.9. The maximum absolute atomic E-state index is 9.63. The molecule has 1 aliphatic rings. The minimum atomic E-state index is 0.103. The first kappa shape index (κ1) is 21.3. The highest BCUT2D eigenvalue weighted by Gasteiger charge is 2.29. The van der Waals surface area contributed by atoms with Gasteiger partial charge in [0.2, 0.25) is 0 Å². The average molecular weight is 527 g/mol. The van der Waals surface area contributed by atoms with Crippen LogP contribution in [0, 0.1) is 11.3 Å². The molecule has 172 valence electrons. The molecule has 0 spiro atoms. The lowest BCUT2D eigenvalue weighted by atomic mass is 10.0. The average Bonchev–Trinajstić information content (AvgIpc) is 3.47. The summed E-state index contributed by atoms with van der Waals surface area (Å²) >= 11 is 3.37. The van der Waals surface area contributed by atoms with E-state index in [2.05, 4.69) is 48.1 Å². The fourth-order valence-corrected chi connectivity index (χ4v) is 4.58. The van der Waals surface area contributed by atoms with E-state index in [9.17, 15) is 5.26 Å². The van der Waals surface area contributed by atoms with Crippen LogP contribution in [0.2, 0.25) is 0 Å². The molecule has 1 fully saturated rings. The van der Waals surface area contributed by atoms with Crippen molar-refractivity contribution in [3.63, 3.8) is 0 Å². The number of halogens is 1. The van der Waals surface area contributed by atoms with Crippen LogP contribution in [0.25, 0.3) is 27.8 Å². The lowest BCUT2D eigenvalue weighted by Crippen LogP contribution is -2.54. The summed E-state index contributed by atoms with van der Waals surface area (Å²) in [5, 5.41) is 18.3. The Balaban J connectivity index is 1.26. The van der Waals surface area contributed by atoms with Crippen LogP contribution in [0.1, 0.15) is 5.56 Å². The Kier molecular flexibility index (Phi) is 5.19. The molecule has 9 nitrogen and oxygen atoms in total. The van der Waals surface area contributed by atoms with E-state index in [1.807, 2.05) is 56.1 Å². The molecular weight excluding hydrogens is 508 g/mol. The summed E-state index contributed by atoms with van der Waals surface area (Å²) in [6.07, 6.45) is 10.9. The summed E-state index contributed by atoms with van der Waals surface area (Å²) in [4.78, 5) is 11.0. The molecule has 0 radical (unpaired) electrons. The monoisotopic (exact) mass is 526 g/mol. The van der Waals surface area contributed by atoms with Crippen LogP contribution in [0.5, 0.6) is 5.75 Å². The van der Waals surface area contributed by atoms with Crippen LogP contribution >= 0.6 is 15.9 Å². The lowest BCUT2D eigenvalue weighted by Gasteiger charge is -2.39. The van der Waals surface area contributed by atoms with Gasteiger partial charge in [-0.25, -0.2) is 14.5 Å². The Morgan fingerprint density at radius 2 is 1.89 bits per heavy atom. The van der Waals surface area contributed by atoms with E-state index < -0.39 is 0 Å². The zero-order valence-electron chi connectivity index (χ0n) is 18.7. The standard InChI is InChI=1S/C25H19BrN8O/c1-32-12-19(11-30-32)17-6-22(25-18(8-27)10-31-34(25)13-17)16-2-3-24(29-9-16)33-14-21(15-33)35-20-4-5-28-23(26)7-20/h2-7,9-13,21H,14-15H2,1H3. The van der Waals surface area contributed by atoms with Gasteiger partial charge in [-0.15, -0.1) is 0 Å². The van der Waals surface area contributed by atoms with Crippen molar-refractivity contribution in [2.75, 3.05) is 18.0 Å². The predicted molar refractivity (Wildman–Crippen MR) is 134 cm³/mol. The molecule has 1 aliphatic heterocycles. The van der Waals surface area contributed by atoms with E-state index in [0.717, 1.165) is 57.0 Å². The fourth-order valence-electron chi connectivity index (χ4n) is 4.23. The number of rotatable bonds is 5. The smallest absolute Gasteiger partial charge is 0.134 e. The van der Waals surface area contributed by atoms with Crippen molar-refractivity contribution in [2.24, 2.45) is 7.05 Å². The maximum atomic E-state index is 9.63. The molecule has 6 heterocycles. The van der Waals surface area contributed by atoms with E-state index in [1.54, 1.807) is 21.6 Å². The number of anilines is 1. The van der Waals surface area contributed by atoms with Crippen LogP contribution < -0.4 is 9.64 Å². The van der Waals surface area contributed by atoms with Gasteiger partial charge in [0.15, 0.2) is 0 Å². The van der Waals surface area contributed by atoms with Gasteiger partial charge in [0.05, 0.1) is 36.6 Å². The highest BCUT2D eigenvalue weighted by atomic mass is 79.9. The molecule has 0 aromatic carbocycles. The van der Waals surface area contributed by atoms with Crippen molar-refractivity contribution in [2.45, 2.75) is 6.10 Å². The topological polar surface area (TPSA) is 97.2 Å². The largest absolute Gasteiger partial charge is 0.487 e. The van der Waals surface area contributed by atoms with Gasteiger partial charge >= 0.3 is 0 Å². The Morgan fingerprint density at radius 3 is 2.60 bits per heavy atom. The molecule has 0 aliphatic carbocycles. The Morgan fingerprint density at radius 1 is 1.00 bits per heavy atom. The van der Waals surface area contributed by atoms with Crippen molar-refractivity contribution in [3.05, 3.63) is 77.7 Å². The minimum Gasteiger partial charge on any atom is -0.487 e. The normalized spacial score (nSPS) is 13.6. The van der Waals surface area contributed by atoms with Gasteiger partial charge in [0.1, 0.15) is 28.3 Å². The molecule has 0 atom stereocenters. The van der Waals surface area contributed by atoms with E-state index in [1.165, 1.54) is 0 Å². The number of nitrogens with zero attached hydrogens (tertiary/aromatic N) is 8. The van der Waals surface area contributed by atoms with E-state index >= 15 is 0 Å². The molecule has 5 aromatic rings. The van der Waals surface area contributed by atoms with Gasteiger partial charge in [-0.1, -0.05) is 0 Å². The maximum Gasteiger partial charge on any atom is 0.134 e. The van der Waals surface area contributed by atoms with Crippen molar-refractivity contribution >= 4 is 27.3 Å². The van der Waals surface area contributed by atoms with Crippen LogP contribution in [-0.4, -0.2) is 48.6 Å². The molecule has 35 heavy (non-hydrogen) atoms. The lowest BCUT2D eigenvalue weighted by molar-refractivity contribution is 0.166. The third-order valence-corrected chi connectivity index (χ3v) is 6.44. The van der Waals surface area contributed by atoms with Crippen LogP contribution in [0.4, 0.5) is 5.82 Å². The van der Waals surface area contributed by atoms with Gasteiger partial charge in [0.25, 0.3) is 0 Å². The zero-order valence-corrected chi connectivity index (χ0v) is 20.3. The number of aryl methyl sites for hydroxylation is 1. The quantitative estimate of drug-likeness (QED) is 0.318. The summed E-state index contributed by atoms with van der Waals surface area (Å²) in [7, 11) is 1.88. The second-order valence-corrected chi connectivity index (χ2v) is 9.19. The summed E-state index contributed by atoms with van der Waals surface area (Å²) in [6.45, 7) is 1.52. The summed E-state index contributed by atoms with van der Waals surface area (Å²) in [6, 6.07) is 12.1. The fraction of sp³-hybridized carbons (Fsp3) is 0.160. The summed E-state index contributed by atoms with van der Waals surface area (Å²) in [5.74, 6) is 1.68. The molecule has 1 saturated heterocycles. The molecule has 5 aromatic heterocycles. The molecule has 0 bridgehead atoms. The molecule has 0 amide bonds. The highest BCUT2D eigenvalue weighted by Crippen LogP contribution is 2.33. The Hall–Kier alpha value is -4.23. The summed E-state index contributed by atoms with van der Waals surface area (Å²) < 4.78 is 10.3. The van der Waals surface area contributed by atoms with Crippen LogP contribution in [0.15, 0.2) is 72.1 Å². The first-order valence-corrected chi connectivity index (χ1v) is 11.8. The number of hydrogen-bond donors (Lipinski definition) is 0. The third kappa shape index (κ3) is 4.00. The van der Waals surface area contributed by atoms with Crippen molar-refractivity contribution in [3.8, 4) is 34.1 Å². The Bertz CT molecular complexity index is 1580. The van der Waals surface area contributed by atoms with Crippen LogP contribution in [0.3, 0.4) is 0 Å². The second-order valence-electron chi connectivity index (χ2n) is 8.37. The van der Waals surface area contributed by atoms with Gasteiger partial charge in [0, 0.05) is 60.2 Å². The van der Waals surface area contributed by atoms with E-state index in [4.69, 9.17) is 9.72 Å². The number of nitriles is 1. The van der Waals surface area contributed by atoms with Gasteiger partial charge in [-0.3, -0.25) is 4.68 Å². The van der Waals surface area contributed by atoms with Gasteiger partial charge in [-0.2, -0.15) is 15.5 Å². The Labute approximate surface area is 209 Å². The van der Waals surface area contributed by atoms with Gasteiger partial charge in [-0.05, 0) is 40.2 Å². The van der Waals surface area contributed by atoms with E-state index in [-0.39, 0.29) is 6.10 Å². The van der Waals surface area contributed by atoms with E-state index in [0.29, 0.717) is 5.56 Å². The first-order valence-electron chi connectivity index (χ1n) is 11.0. The third-order valence-electron chi connectivity index (χ3n) is 6.00.